The molecule has 0 aromatic carbocycles. The minimum Gasteiger partial charge on any atom is -0.336 e. The van der Waals surface area contributed by atoms with Gasteiger partial charge in [-0.3, -0.25) is 9.59 Å². The van der Waals surface area contributed by atoms with E-state index in [9.17, 15) is 57.2 Å². The first-order valence-corrected chi connectivity index (χ1v) is 9.24. The van der Waals surface area contributed by atoms with Crippen LogP contribution in [0.25, 0.3) is 0 Å². The highest BCUT2D eigenvalue weighted by Gasteiger charge is 2.70. The summed E-state index contributed by atoms with van der Waals surface area (Å²) in [5, 5.41) is -12.4. The maximum atomic E-state index is 13.8. The van der Waals surface area contributed by atoms with Crippen LogP contribution in [0.15, 0.2) is 0 Å². The third kappa shape index (κ3) is 3.93. The highest BCUT2D eigenvalue weighted by Crippen LogP contribution is 2.40. The first-order valence-electron chi connectivity index (χ1n) is 6.28. The fraction of sp³-hybridized carbons (Fsp3) is 0.778. The van der Waals surface area contributed by atoms with Crippen LogP contribution >= 0.6 is 0 Å². The van der Waals surface area contributed by atoms with Crippen LogP contribution in [-0.2, 0) is 29.6 Å². The average Bonchev–Trinajstić information content (AvgIpc) is 2.44. The van der Waals surface area contributed by atoms with Crippen molar-refractivity contribution in [1.29, 1.82) is 0 Å². The van der Waals surface area contributed by atoms with Gasteiger partial charge in [-0.05, 0) is 0 Å². The van der Waals surface area contributed by atoms with Crippen molar-refractivity contribution in [3.8, 4) is 0 Å². The summed E-state index contributed by atoms with van der Waals surface area (Å²) in [4.78, 5) is 22.6. The Bertz CT molecular complexity index is 795. The van der Waals surface area contributed by atoms with Crippen molar-refractivity contribution in [3.63, 3.8) is 0 Å². The molecule has 152 valence electrons. The van der Waals surface area contributed by atoms with Crippen molar-refractivity contribution >= 4 is 31.7 Å². The number of amides is 1. The minimum atomic E-state index is -7.23. The molecule has 0 radical (unpaired) electrons. The quantitative estimate of drug-likeness (QED) is 0.612. The Morgan fingerprint density at radius 2 is 1.31 bits per heavy atom. The molecule has 0 spiro atoms. The Hall–Kier alpha value is -1.49. The predicted molar refractivity (Wildman–Crippen MR) is 67.7 cm³/mol. The van der Waals surface area contributed by atoms with Crippen LogP contribution in [0.3, 0.4) is 0 Å². The molecule has 0 aromatic rings. The number of carbonyl (C=O) groups excluding carboxylic acids is 2. The van der Waals surface area contributed by atoms with Gasteiger partial charge in [0, 0.05) is 25.9 Å². The average molecular weight is 438 g/mol. The lowest BCUT2D eigenvalue weighted by atomic mass is 10.1. The Labute approximate surface area is 141 Å². The van der Waals surface area contributed by atoms with Crippen LogP contribution in [0.4, 0.5) is 30.7 Å². The van der Waals surface area contributed by atoms with Gasteiger partial charge in [0.05, 0.1) is 0 Å². The van der Waals surface area contributed by atoms with Gasteiger partial charge in [-0.25, -0.2) is 16.8 Å². The number of hydrogen-bond acceptors (Lipinski definition) is 6. The summed E-state index contributed by atoms with van der Waals surface area (Å²) in [6, 6.07) is 0. The molecule has 0 bridgehead atoms. The van der Waals surface area contributed by atoms with Crippen molar-refractivity contribution < 1.29 is 57.2 Å². The second kappa shape index (κ2) is 6.59. The molecule has 1 aliphatic heterocycles. The van der Waals surface area contributed by atoms with Crippen LogP contribution in [-0.4, -0.2) is 63.2 Å². The Balaban J connectivity index is 3.16. The van der Waals surface area contributed by atoms with Crippen LogP contribution < -0.4 is 4.13 Å². The fourth-order valence-corrected chi connectivity index (χ4v) is 4.32. The zero-order chi connectivity index (χ0) is 20.8. The molecule has 8 nitrogen and oxygen atoms in total. The molecular formula is C9H9F7N2O6S2. The molecule has 1 saturated heterocycles. The highest BCUT2D eigenvalue weighted by molar-refractivity contribution is 8.06. The number of hydrogen-bond donors (Lipinski definition) is 1. The molecule has 26 heavy (non-hydrogen) atoms. The second-order valence-electron chi connectivity index (χ2n) is 4.95. The summed E-state index contributed by atoms with van der Waals surface area (Å²) >= 11 is 0. The third-order valence-corrected chi connectivity index (χ3v) is 6.59. The number of carbonyl (C=O) groups is 2. The topological polar surface area (TPSA) is 118 Å². The molecule has 0 aliphatic carbocycles. The zero-order valence-electron chi connectivity index (χ0n) is 12.2. The standard InChI is InChI=1S/C9H9F7N2O6S2/c10-7(11,6(20)18-3-1-5(19)2-4-18)25(21,22)17-26(23,24)9(15,16)8(12,13)14/h17H,1-4H2. The van der Waals surface area contributed by atoms with Gasteiger partial charge in [0.2, 0.25) is 0 Å². The van der Waals surface area contributed by atoms with Gasteiger partial charge in [-0.2, -0.15) is 30.7 Å². The fourth-order valence-electron chi connectivity index (χ4n) is 1.66. The number of ketones is 1. The number of rotatable bonds is 5. The highest BCUT2D eigenvalue weighted by atomic mass is 32.3. The molecule has 0 saturated carbocycles. The summed E-state index contributed by atoms with van der Waals surface area (Å²) in [6.07, 6.45) is -7.68. The maximum Gasteiger partial charge on any atom is 0.471 e. The summed E-state index contributed by atoms with van der Waals surface area (Å²) < 4.78 is 133. The van der Waals surface area contributed by atoms with Crippen LogP contribution in [0, 0.1) is 0 Å². The van der Waals surface area contributed by atoms with E-state index in [0.717, 1.165) is 0 Å². The lowest BCUT2D eigenvalue weighted by molar-refractivity contribution is -0.241. The van der Waals surface area contributed by atoms with Gasteiger partial charge >= 0.3 is 32.6 Å². The minimum absolute atomic E-state index is 0.134. The molecule has 17 heteroatoms. The van der Waals surface area contributed by atoms with Gasteiger partial charge < -0.3 is 4.90 Å². The van der Waals surface area contributed by atoms with E-state index in [0.29, 0.717) is 0 Å². The number of Topliss-reactive ketones (excluding diaryl/α,β-unsaturated/α-hetero) is 1. The Morgan fingerprint density at radius 3 is 1.69 bits per heavy atom. The SMILES string of the molecule is O=C1CCN(C(=O)C(F)(F)S(=O)(=O)NS(=O)(=O)C(F)(F)C(F)(F)F)CC1. The van der Waals surface area contributed by atoms with Crippen LogP contribution in [0.2, 0.25) is 0 Å². The first-order chi connectivity index (χ1) is 11.4. The monoisotopic (exact) mass is 438 g/mol. The Morgan fingerprint density at radius 1 is 0.885 bits per heavy atom. The number of piperidine rings is 1. The summed E-state index contributed by atoms with van der Waals surface area (Å²) in [5.41, 5.74) is 0. The maximum absolute atomic E-state index is 13.8. The predicted octanol–water partition coefficient (Wildman–Crippen LogP) is 0.175. The molecule has 1 N–H and O–H groups in total. The molecule has 1 aliphatic rings. The van der Waals surface area contributed by atoms with Crippen molar-refractivity contribution in [1.82, 2.24) is 9.03 Å². The smallest absolute Gasteiger partial charge is 0.336 e. The molecule has 0 atom stereocenters. The van der Waals surface area contributed by atoms with Gasteiger partial charge in [-0.1, -0.05) is 4.13 Å². The Kier molecular flexibility index (Phi) is 5.72. The van der Waals surface area contributed by atoms with Gasteiger partial charge in [0.25, 0.3) is 10.0 Å². The largest absolute Gasteiger partial charge is 0.471 e. The van der Waals surface area contributed by atoms with E-state index in [1.807, 2.05) is 0 Å². The number of sulfonamides is 2. The number of halogens is 7. The van der Waals surface area contributed by atoms with Gasteiger partial charge in [0.1, 0.15) is 5.78 Å². The number of likely N-dealkylation sites (tertiary alicyclic amines) is 1. The van der Waals surface area contributed by atoms with E-state index < -0.39 is 78.5 Å². The van der Waals surface area contributed by atoms with E-state index in [4.69, 9.17) is 0 Å². The molecule has 1 heterocycles. The molecule has 0 unspecified atom stereocenters. The summed E-state index contributed by atoms with van der Waals surface area (Å²) in [6.45, 7) is -1.34. The van der Waals surface area contributed by atoms with Crippen molar-refractivity contribution in [2.75, 3.05) is 13.1 Å². The lowest BCUT2D eigenvalue weighted by Gasteiger charge is -2.29. The van der Waals surface area contributed by atoms with E-state index in [1.165, 1.54) is 0 Å². The molecule has 1 rings (SSSR count). The molecular weight excluding hydrogens is 429 g/mol. The molecule has 1 fully saturated rings. The lowest BCUT2D eigenvalue weighted by Crippen LogP contribution is -2.58. The van der Waals surface area contributed by atoms with Gasteiger partial charge in [-0.15, -0.1) is 0 Å². The van der Waals surface area contributed by atoms with Crippen molar-refractivity contribution in [2.24, 2.45) is 0 Å². The number of alkyl halides is 7. The van der Waals surface area contributed by atoms with Crippen LogP contribution in [0.1, 0.15) is 12.8 Å². The zero-order valence-corrected chi connectivity index (χ0v) is 13.8. The van der Waals surface area contributed by atoms with E-state index >= 15 is 0 Å². The molecule has 0 aromatic heterocycles. The van der Waals surface area contributed by atoms with Crippen molar-refractivity contribution in [3.05, 3.63) is 0 Å². The van der Waals surface area contributed by atoms with Crippen molar-refractivity contribution in [2.45, 2.75) is 29.5 Å². The number of nitrogens with zero attached hydrogens (tertiary/aromatic N) is 1. The van der Waals surface area contributed by atoms with E-state index in [-0.39, 0.29) is 4.90 Å². The first kappa shape index (κ1) is 22.6. The summed E-state index contributed by atoms with van der Waals surface area (Å²) in [7, 11) is -14.1. The van der Waals surface area contributed by atoms with Crippen LogP contribution in [0.5, 0.6) is 0 Å². The second-order valence-corrected chi connectivity index (χ2v) is 8.66. The van der Waals surface area contributed by atoms with E-state index in [1.54, 1.807) is 0 Å². The summed E-state index contributed by atoms with van der Waals surface area (Å²) in [5.74, 6) is -3.03. The molecule has 1 amide bonds. The third-order valence-electron chi connectivity index (χ3n) is 3.08. The normalized spacial score (nSPS) is 18.1. The number of nitrogens with one attached hydrogen (secondary N) is 1. The van der Waals surface area contributed by atoms with Gasteiger partial charge in [0.15, 0.2) is 0 Å². The van der Waals surface area contributed by atoms with E-state index in [2.05, 4.69) is 0 Å².